The predicted molar refractivity (Wildman–Crippen MR) is 140 cm³/mol. The lowest BCUT2D eigenvalue weighted by atomic mass is 9.46. The molecule has 4 nitrogen and oxygen atoms in total. The first-order valence-electron chi connectivity index (χ1n) is 14.5. The molecule has 3 fully saturated rings. The Hall–Kier alpha value is -1.32. The second-order valence-electron chi connectivity index (χ2n) is 13.5. The van der Waals surface area contributed by atoms with Crippen molar-refractivity contribution in [3.8, 4) is 0 Å². The van der Waals surface area contributed by atoms with Crippen molar-refractivity contribution in [3.05, 3.63) is 11.6 Å². The highest BCUT2D eigenvalue weighted by Gasteiger charge is 2.62. The van der Waals surface area contributed by atoms with Gasteiger partial charge in [0.25, 0.3) is 0 Å². The average Bonchev–Trinajstić information content (AvgIpc) is 3.10. The van der Waals surface area contributed by atoms with Gasteiger partial charge in [0, 0.05) is 26.2 Å². The molecule has 0 spiro atoms. The molecular weight excluding hydrogens is 436 g/mol. The van der Waals surface area contributed by atoms with Crippen LogP contribution in [0.5, 0.6) is 0 Å². The minimum Gasteiger partial charge on any atom is -0.462 e. The lowest BCUT2D eigenvalue weighted by molar-refractivity contribution is -0.159. The van der Waals surface area contributed by atoms with Crippen molar-refractivity contribution >= 4 is 11.9 Å². The van der Waals surface area contributed by atoms with Crippen molar-refractivity contribution in [2.75, 3.05) is 0 Å². The summed E-state index contributed by atoms with van der Waals surface area (Å²) in [5, 5.41) is 0. The van der Waals surface area contributed by atoms with E-state index in [1.165, 1.54) is 57.4 Å². The van der Waals surface area contributed by atoms with Gasteiger partial charge in [-0.1, -0.05) is 59.5 Å². The molecule has 198 valence electrons. The topological polar surface area (TPSA) is 52.6 Å². The van der Waals surface area contributed by atoms with E-state index in [0.29, 0.717) is 23.2 Å². The third-order valence-electron chi connectivity index (χ3n) is 10.9. The third kappa shape index (κ3) is 5.10. The molecule has 0 amide bonds. The summed E-state index contributed by atoms with van der Waals surface area (Å²) in [6, 6.07) is 0. The standard InChI is InChI=1S/C31H50O4/c1-19(2)9-8-10-20(3)25-11-12-26-29-27(14-16-31(25,26)7)30(6)15-13-24(34-21(4)32)17-23(30)18-28(29)35-22(5)33/h18-20,24-29H,8-17H2,1-7H3/t20-,24-,25-,26+,27+,28-,29+,30+,31-/m1/s1. The van der Waals surface area contributed by atoms with Gasteiger partial charge in [0.2, 0.25) is 0 Å². The van der Waals surface area contributed by atoms with Crippen LogP contribution in [0.2, 0.25) is 0 Å². The highest BCUT2D eigenvalue weighted by molar-refractivity contribution is 5.67. The van der Waals surface area contributed by atoms with Crippen molar-refractivity contribution in [2.45, 2.75) is 125 Å². The maximum atomic E-state index is 12.2. The molecule has 0 saturated heterocycles. The molecule has 0 aromatic heterocycles. The molecule has 4 aliphatic carbocycles. The minimum atomic E-state index is -0.197. The van der Waals surface area contributed by atoms with Crippen molar-refractivity contribution in [2.24, 2.45) is 46.3 Å². The maximum Gasteiger partial charge on any atom is 0.303 e. The van der Waals surface area contributed by atoms with Crippen molar-refractivity contribution in [1.82, 2.24) is 0 Å². The normalized spacial score (nSPS) is 41.3. The lowest BCUT2D eigenvalue weighted by Crippen LogP contribution is -2.55. The predicted octanol–water partition coefficient (Wildman–Crippen LogP) is 7.50. The number of rotatable bonds is 7. The number of carbonyl (C=O) groups excluding carboxylic acids is 2. The van der Waals surface area contributed by atoms with Gasteiger partial charge in [-0.2, -0.15) is 0 Å². The van der Waals surface area contributed by atoms with E-state index in [-0.39, 0.29) is 29.6 Å². The quantitative estimate of drug-likeness (QED) is 0.276. The van der Waals surface area contributed by atoms with Gasteiger partial charge in [-0.25, -0.2) is 0 Å². The second-order valence-corrected chi connectivity index (χ2v) is 13.5. The van der Waals surface area contributed by atoms with E-state index in [9.17, 15) is 9.59 Å². The number of hydrogen-bond donors (Lipinski definition) is 0. The number of carbonyl (C=O) groups is 2. The molecule has 4 rings (SSSR count). The van der Waals surface area contributed by atoms with E-state index in [1.807, 2.05) is 0 Å². The van der Waals surface area contributed by atoms with Crippen LogP contribution >= 0.6 is 0 Å². The largest absolute Gasteiger partial charge is 0.462 e. The van der Waals surface area contributed by atoms with E-state index in [2.05, 4.69) is 40.7 Å². The summed E-state index contributed by atoms with van der Waals surface area (Å²) < 4.78 is 11.7. The van der Waals surface area contributed by atoms with Crippen LogP contribution in [-0.4, -0.2) is 24.1 Å². The van der Waals surface area contributed by atoms with Crippen LogP contribution in [0.25, 0.3) is 0 Å². The molecule has 0 N–H and O–H groups in total. The molecule has 35 heavy (non-hydrogen) atoms. The van der Waals surface area contributed by atoms with Gasteiger partial charge in [0.05, 0.1) is 0 Å². The van der Waals surface area contributed by atoms with Gasteiger partial charge in [-0.15, -0.1) is 0 Å². The molecule has 0 unspecified atom stereocenters. The zero-order valence-electron chi connectivity index (χ0n) is 23.4. The Morgan fingerprint density at radius 1 is 0.943 bits per heavy atom. The summed E-state index contributed by atoms with van der Waals surface area (Å²) in [4.78, 5) is 23.9. The van der Waals surface area contributed by atoms with Crippen molar-refractivity contribution in [1.29, 1.82) is 0 Å². The molecule has 0 bridgehead atoms. The number of ether oxygens (including phenoxy) is 2. The number of fused-ring (bicyclic) bond motifs is 5. The Morgan fingerprint density at radius 2 is 1.66 bits per heavy atom. The van der Waals surface area contributed by atoms with Gasteiger partial charge in [-0.05, 0) is 85.0 Å². The van der Waals surface area contributed by atoms with Gasteiger partial charge >= 0.3 is 11.9 Å². The van der Waals surface area contributed by atoms with Crippen LogP contribution in [0.15, 0.2) is 11.6 Å². The molecule has 0 heterocycles. The Kier molecular flexibility index (Phi) is 7.80. The average molecular weight is 487 g/mol. The third-order valence-corrected chi connectivity index (χ3v) is 10.9. The Morgan fingerprint density at radius 3 is 2.31 bits per heavy atom. The first-order valence-corrected chi connectivity index (χ1v) is 14.5. The minimum absolute atomic E-state index is 0.0437. The van der Waals surface area contributed by atoms with Crippen LogP contribution in [0.4, 0.5) is 0 Å². The molecular formula is C31H50O4. The fourth-order valence-electron chi connectivity index (χ4n) is 9.25. The SMILES string of the molecule is CC(=O)O[C@@H]1CC[C@@]2(C)C(=C[C@@H](OC(C)=O)[C@H]3[C@@H]4CC[C@H]([C@H](C)CCCC(C)C)[C@@]4(C)CC[C@@H]32)C1. The molecule has 4 heteroatoms. The summed E-state index contributed by atoms with van der Waals surface area (Å²) in [7, 11) is 0. The Labute approximate surface area is 214 Å². The number of esters is 2. The van der Waals surface area contributed by atoms with Gasteiger partial charge in [0.15, 0.2) is 0 Å². The molecule has 0 aliphatic heterocycles. The van der Waals surface area contributed by atoms with Gasteiger partial charge in [0.1, 0.15) is 12.2 Å². The van der Waals surface area contributed by atoms with Crippen LogP contribution in [0, 0.1) is 46.3 Å². The Balaban J connectivity index is 1.60. The van der Waals surface area contributed by atoms with E-state index >= 15 is 0 Å². The first kappa shape index (κ1) is 26.7. The van der Waals surface area contributed by atoms with Crippen LogP contribution in [-0.2, 0) is 19.1 Å². The smallest absolute Gasteiger partial charge is 0.303 e. The summed E-state index contributed by atoms with van der Waals surface area (Å²) >= 11 is 0. The summed E-state index contributed by atoms with van der Waals surface area (Å²) in [6.07, 6.45) is 14.0. The second kappa shape index (κ2) is 10.2. The van der Waals surface area contributed by atoms with E-state index < -0.39 is 0 Å². The first-order chi connectivity index (χ1) is 16.5. The zero-order chi connectivity index (χ0) is 25.5. The van der Waals surface area contributed by atoms with Crippen molar-refractivity contribution < 1.29 is 19.1 Å². The summed E-state index contributed by atoms with van der Waals surface area (Å²) in [5.41, 5.74) is 1.83. The van der Waals surface area contributed by atoms with Crippen LogP contribution in [0.1, 0.15) is 113 Å². The monoisotopic (exact) mass is 486 g/mol. The van der Waals surface area contributed by atoms with E-state index in [1.54, 1.807) is 6.92 Å². The zero-order valence-corrected chi connectivity index (χ0v) is 23.4. The molecule has 3 saturated carbocycles. The molecule has 0 radical (unpaired) electrons. The van der Waals surface area contributed by atoms with E-state index in [4.69, 9.17) is 9.47 Å². The Bertz CT molecular complexity index is 830. The lowest BCUT2D eigenvalue weighted by Gasteiger charge is -2.59. The fourth-order valence-corrected chi connectivity index (χ4v) is 9.25. The van der Waals surface area contributed by atoms with Gasteiger partial charge in [-0.3, -0.25) is 9.59 Å². The summed E-state index contributed by atoms with van der Waals surface area (Å²) in [6.45, 7) is 15.3. The number of hydrogen-bond acceptors (Lipinski definition) is 4. The highest BCUT2D eigenvalue weighted by Crippen LogP contribution is 2.67. The summed E-state index contributed by atoms with van der Waals surface area (Å²) in [5.74, 6) is 3.51. The fraction of sp³-hybridized carbons (Fsp3) is 0.871. The molecule has 0 aromatic rings. The van der Waals surface area contributed by atoms with E-state index in [0.717, 1.165) is 37.0 Å². The van der Waals surface area contributed by atoms with Gasteiger partial charge < -0.3 is 9.47 Å². The molecule has 0 aromatic carbocycles. The molecule has 4 aliphatic rings. The van der Waals surface area contributed by atoms with Crippen molar-refractivity contribution in [3.63, 3.8) is 0 Å². The maximum absolute atomic E-state index is 12.2. The van der Waals surface area contributed by atoms with Crippen LogP contribution in [0.3, 0.4) is 0 Å². The molecule has 9 atom stereocenters. The highest BCUT2D eigenvalue weighted by atomic mass is 16.5. The van der Waals surface area contributed by atoms with Crippen LogP contribution < -0.4 is 0 Å².